The average Bonchev–Trinajstić information content (AvgIpc) is 3.17. The number of carbonyl (C=O) groups is 2. The predicted octanol–water partition coefficient (Wildman–Crippen LogP) is 2.34. The molecular formula is C16H16N2O4. The van der Waals surface area contributed by atoms with E-state index in [-0.39, 0.29) is 5.91 Å². The van der Waals surface area contributed by atoms with Gasteiger partial charge < -0.3 is 14.4 Å². The monoisotopic (exact) mass is 300 g/mol. The average molecular weight is 300 g/mol. The van der Waals surface area contributed by atoms with Crippen LogP contribution in [-0.4, -0.2) is 39.5 Å². The van der Waals surface area contributed by atoms with Gasteiger partial charge in [0.25, 0.3) is 5.91 Å². The summed E-state index contributed by atoms with van der Waals surface area (Å²) in [6.07, 6.45) is 2.77. The van der Waals surface area contributed by atoms with Crippen LogP contribution >= 0.6 is 0 Å². The second-order valence-corrected chi connectivity index (χ2v) is 5.30. The molecule has 2 aromatic heterocycles. The molecule has 0 radical (unpaired) electrons. The molecule has 0 aliphatic carbocycles. The highest BCUT2D eigenvalue weighted by atomic mass is 16.4. The van der Waals surface area contributed by atoms with E-state index in [0.29, 0.717) is 42.1 Å². The van der Waals surface area contributed by atoms with E-state index in [2.05, 4.69) is 4.98 Å². The number of carboxylic acids is 1. The van der Waals surface area contributed by atoms with Gasteiger partial charge in [-0.15, -0.1) is 0 Å². The highest BCUT2D eigenvalue weighted by Gasteiger charge is 2.35. The van der Waals surface area contributed by atoms with Crippen LogP contribution in [0, 0.1) is 6.92 Å². The number of aliphatic carboxylic acids is 1. The number of likely N-dealkylation sites (tertiary alicyclic amines) is 1. The van der Waals surface area contributed by atoms with Gasteiger partial charge in [0.2, 0.25) is 0 Å². The van der Waals surface area contributed by atoms with E-state index in [0.717, 1.165) is 0 Å². The zero-order valence-electron chi connectivity index (χ0n) is 12.2. The summed E-state index contributed by atoms with van der Waals surface area (Å²) in [5.41, 5.74) is 1.65. The number of carbonyl (C=O) groups excluding carboxylic acids is 1. The Morgan fingerprint density at radius 1 is 1.36 bits per heavy atom. The molecule has 2 aromatic rings. The molecule has 6 nitrogen and oxygen atoms in total. The van der Waals surface area contributed by atoms with Crippen LogP contribution in [0.4, 0.5) is 0 Å². The molecule has 1 amide bonds. The molecule has 1 aliphatic heterocycles. The highest BCUT2D eigenvalue weighted by molar-refractivity contribution is 5.98. The van der Waals surface area contributed by atoms with Crippen LogP contribution in [-0.2, 0) is 4.79 Å². The Labute approximate surface area is 127 Å². The quantitative estimate of drug-likeness (QED) is 0.940. The van der Waals surface area contributed by atoms with Crippen LogP contribution in [0.5, 0.6) is 0 Å². The van der Waals surface area contributed by atoms with Crippen molar-refractivity contribution < 1.29 is 19.1 Å². The summed E-state index contributed by atoms with van der Waals surface area (Å²) in [5.74, 6) is -0.601. The number of furan rings is 1. The lowest BCUT2D eigenvalue weighted by molar-refractivity contribution is -0.141. The minimum Gasteiger partial charge on any atom is -0.480 e. The number of carboxylic acid groups (broad SMARTS) is 1. The summed E-state index contributed by atoms with van der Waals surface area (Å²) in [5, 5.41) is 9.20. The lowest BCUT2D eigenvalue weighted by atomic mass is 10.1. The highest BCUT2D eigenvalue weighted by Crippen LogP contribution is 2.24. The largest absolute Gasteiger partial charge is 0.480 e. The van der Waals surface area contributed by atoms with Gasteiger partial charge in [-0.05, 0) is 44.0 Å². The molecule has 0 spiro atoms. The molecule has 1 atom stereocenters. The van der Waals surface area contributed by atoms with E-state index in [9.17, 15) is 14.7 Å². The molecule has 0 unspecified atom stereocenters. The van der Waals surface area contributed by atoms with Crippen LogP contribution in [0.25, 0.3) is 11.5 Å². The fourth-order valence-corrected chi connectivity index (χ4v) is 2.77. The van der Waals surface area contributed by atoms with Gasteiger partial charge in [-0.3, -0.25) is 4.79 Å². The van der Waals surface area contributed by atoms with E-state index in [1.54, 1.807) is 37.5 Å². The first-order valence-electron chi connectivity index (χ1n) is 7.13. The van der Waals surface area contributed by atoms with Gasteiger partial charge in [0.1, 0.15) is 11.7 Å². The molecule has 1 aliphatic rings. The SMILES string of the molecule is Cc1nc(-c2ccco2)ccc1C(=O)N1CCC[C@H]1C(=O)O. The van der Waals surface area contributed by atoms with Crippen molar-refractivity contribution in [2.75, 3.05) is 6.54 Å². The minimum absolute atomic E-state index is 0.277. The Morgan fingerprint density at radius 3 is 2.82 bits per heavy atom. The maximum Gasteiger partial charge on any atom is 0.326 e. The molecule has 0 saturated carbocycles. The molecule has 3 heterocycles. The molecule has 6 heteroatoms. The third-order valence-corrected chi connectivity index (χ3v) is 3.89. The second kappa shape index (κ2) is 5.63. The van der Waals surface area contributed by atoms with E-state index in [1.807, 2.05) is 0 Å². The van der Waals surface area contributed by atoms with E-state index < -0.39 is 12.0 Å². The molecule has 22 heavy (non-hydrogen) atoms. The van der Waals surface area contributed by atoms with Crippen molar-refractivity contribution in [1.82, 2.24) is 9.88 Å². The van der Waals surface area contributed by atoms with Crippen LogP contribution in [0.15, 0.2) is 34.9 Å². The number of aromatic nitrogens is 1. The van der Waals surface area contributed by atoms with Crippen molar-refractivity contribution in [3.05, 3.63) is 41.8 Å². The van der Waals surface area contributed by atoms with E-state index in [4.69, 9.17) is 4.42 Å². The second-order valence-electron chi connectivity index (χ2n) is 5.30. The van der Waals surface area contributed by atoms with Gasteiger partial charge in [-0.25, -0.2) is 9.78 Å². The molecule has 114 valence electrons. The first-order valence-corrected chi connectivity index (χ1v) is 7.13. The standard InChI is InChI=1S/C16H16N2O4/c1-10-11(6-7-12(17-10)14-5-3-9-22-14)15(19)18-8-2-4-13(18)16(20)21/h3,5-7,9,13H,2,4,8H2,1H3,(H,20,21)/t13-/m0/s1. The van der Waals surface area contributed by atoms with Gasteiger partial charge in [-0.2, -0.15) is 0 Å². The first-order chi connectivity index (χ1) is 10.6. The maximum absolute atomic E-state index is 12.6. The zero-order chi connectivity index (χ0) is 15.7. The summed E-state index contributed by atoms with van der Waals surface area (Å²) < 4.78 is 5.29. The lowest BCUT2D eigenvalue weighted by Gasteiger charge is -2.22. The van der Waals surface area contributed by atoms with Gasteiger partial charge in [0.15, 0.2) is 5.76 Å². The summed E-state index contributed by atoms with van der Waals surface area (Å²) in [4.78, 5) is 29.6. The summed E-state index contributed by atoms with van der Waals surface area (Å²) >= 11 is 0. The van der Waals surface area contributed by atoms with Crippen molar-refractivity contribution in [1.29, 1.82) is 0 Å². The third kappa shape index (κ3) is 2.47. The molecule has 3 rings (SSSR count). The topological polar surface area (TPSA) is 83.6 Å². The molecule has 1 N–H and O–H groups in total. The number of hydrogen-bond acceptors (Lipinski definition) is 4. The molecular weight excluding hydrogens is 284 g/mol. The van der Waals surface area contributed by atoms with Crippen molar-refractivity contribution in [3.8, 4) is 11.5 Å². The number of aryl methyl sites for hydroxylation is 1. The maximum atomic E-state index is 12.6. The van der Waals surface area contributed by atoms with Crippen molar-refractivity contribution in [2.45, 2.75) is 25.8 Å². The fraction of sp³-hybridized carbons (Fsp3) is 0.312. The smallest absolute Gasteiger partial charge is 0.326 e. The van der Waals surface area contributed by atoms with Crippen molar-refractivity contribution >= 4 is 11.9 Å². The van der Waals surface area contributed by atoms with Gasteiger partial charge in [-0.1, -0.05) is 0 Å². The zero-order valence-corrected chi connectivity index (χ0v) is 12.2. The van der Waals surface area contributed by atoms with Crippen LogP contribution in [0.2, 0.25) is 0 Å². The Kier molecular flexibility index (Phi) is 3.66. The van der Waals surface area contributed by atoms with E-state index >= 15 is 0 Å². The number of hydrogen-bond donors (Lipinski definition) is 1. The van der Waals surface area contributed by atoms with Crippen molar-refractivity contribution in [2.24, 2.45) is 0 Å². The van der Waals surface area contributed by atoms with Crippen LogP contribution in [0.1, 0.15) is 28.9 Å². The number of rotatable bonds is 3. The Bertz CT molecular complexity index is 709. The molecule has 1 saturated heterocycles. The van der Waals surface area contributed by atoms with Crippen LogP contribution < -0.4 is 0 Å². The predicted molar refractivity (Wildman–Crippen MR) is 78.4 cm³/mol. The Hall–Kier alpha value is -2.63. The van der Waals surface area contributed by atoms with Crippen LogP contribution in [0.3, 0.4) is 0 Å². The molecule has 0 aromatic carbocycles. The Morgan fingerprint density at radius 2 is 2.18 bits per heavy atom. The van der Waals surface area contributed by atoms with Gasteiger partial charge in [0, 0.05) is 6.54 Å². The third-order valence-electron chi connectivity index (χ3n) is 3.89. The molecule has 1 fully saturated rings. The summed E-state index contributed by atoms with van der Waals surface area (Å²) in [7, 11) is 0. The number of nitrogens with zero attached hydrogens (tertiary/aromatic N) is 2. The minimum atomic E-state index is -0.955. The summed E-state index contributed by atoms with van der Waals surface area (Å²) in [6.45, 7) is 2.21. The fourth-order valence-electron chi connectivity index (χ4n) is 2.77. The Balaban J connectivity index is 1.89. The first kappa shape index (κ1) is 14.3. The lowest BCUT2D eigenvalue weighted by Crippen LogP contribution is -2.40. The number of pyridine rings is 1. The van der Waals surface area contributed by atoms with Gasteiger partial charge in [0.05, 0.1) is 17.5 Å². The number of amides is 1. The van der Waals surface area contributed by atoms with Gasteiger partial charge >= 0.3 is 5.97 Å². The normalized spacial score (nSPS) is 17.7. The summed E-state index contributed by atoms with van der Waals surface area (Å²) in [6, 6.07) is 6.22. The molecule has 0 bridgehead atoms. The van der Waals surface area contributed by atoms with E-state index in [1.165, 1.54) is 4.90 Å². The van der Waals surface area contributed by atoms with Crippen molar-refractivity contribution in [3.63, 3.8) is 0 Å².